The van der Waals surface area contributed by atoms with Crippen LogP contribution in [-0.4, -0.2) is 54.2 Å². The number of carbonyl (C=O) groups excluding carboxylic acids is 2. The van der Waals surface area contributed by atoms with Gasteiger partial charge in [0.2, 0.25) is 5.91 Å². The highest BCUT2D eigenvalue weighted by Crippen LogP contribution is 2.29. The molecule has 2 amide bonds. The molecule has 1 aromatic carbocycles. The molecule has 3 aromatic rings. The van der Waals surface area contributed by atoms with Crippen LogP contribution in [0, 0.1) is 0 Å². The molecule has 0 radical (unpaired) electrons. The van der Waals surface area contributed by atoms with Crippen LogP contribution in [0.4, 0.5) is 10.8 Å². The topological polar surface area (TPSA) is 88.5 Å². The van der Waals surface area contributed by atoms with Crippen molar-refractivity contribution in [1.29, 1.82) is 0 Å². The molecule has 0 unspecified atom stereocenters. The van der Waals surface area contributed by atoms with Gasteiger partial charge in [-0.3, -0.25) is 9.59 Å². The molecule has 1 aliphatic heterocycles. The van der Waals surface area contributed by atoms with Gasteiger partial charge in [0.15, 0.2) is 5.13 Å². The average molecular weight is 454 g/mol. The summed E-state index contributed by atoms with van der Waals surface area (Å²) in [5.74, 6) is -0.600. The lowest BCUT2D eigenvalue weighted by Gasteiger charge is -2.33. The minimum Gasteiger partial charge on any atom is -0.381 e. The maximum Gasteiger partial charge on any atom is 0.253 e. The van der Waals surface area contributed by atoms with E-state index in [1.54, 1.807) is 30.1 Å². The Kier molecular flexibility index (Phi) is 6.87. The molecule has 0 bridgehead atoms. The van der Waals surface area contributed by atoms with Crippen LogP contribution in [0.3, 0.4) is 0 Å². The van der Waals surface area contributed by atoms with Gasteiger partial charge in [0.05, 0.1) is 23.9 Å². The monoisotopic (exact) mass is 453 g/mol. The van der Waals surface area contributed by atoms with Crippen LogP contribution in [0.2, 0.25) is 0 Å². The lowest BCUT2D eigenvalue weighted by Crippen LogP contribution is -2.36. The molecule has 3 heterocycles. The Bertz CT molecular complexity index is 1080. The Morgan fingerprint density at radius 3 is 2.78 bits per heavy atom. The zero-order valence-corrected chi connectivity index (χ0v) is 19.0. The highest BCUT2D eigenvalue weighted by atomic mass is 32.1. The third kappa shape index (κ3) is 5.35. The van der Waals surface area contributed by atoms with Crippen LogP contribution in [0.25, 0.3) is 11.3 Å². The molecule has 9 heteroatoms. The first-order valence-corrected chi connectivity index (χ1v) is 11.4. The SMILES string of the molecule is COC1CCN(c2cccc(-c3csc(NC(=O)CNC(=O)c4ccn(C)c4)n3)c2)CC1. The third-order valence-corrected chi connectivity index (χ3v) is 6.29. The van der Waals surface area contributed by atoms with E-state index in [9.17, 15) is 9.59 Å². The number of piperidine rings is 1. The average Bonchev–Trinajstić information content (AvgIpc) is 3.47. The van der Waals surface area contributed by atoms with Crippen molar-refractivity contribution in [1.82, 2.24) is 14.9 Å². The highest BCUT2D eigenvalue weighted by Gasteiger charge is 2.19. The number of rotatable bonds is 7. The number of hydrogen-bond acceptors (Lipinski definition) is 6. The Morgan fingerprint density at radius 1 is 1.25 bits per heavy atom. The Morgan fingerprint density at radius 2 is 2.06 bits per heavy atom. The first kappa shape index (κ1) is 22.0. The minimum atomic E-state index is -0.315. The predicted molar refractivity (Wildman–Crippen MR) is 126 cm³/mol. The first-order valence-electron chi connectivity index (χ1n) is 10.6. The fraction of sp³-hybridized carbons (Fsp3) is 0.348. The van der Waals surface area contributed by atoms with Gasteiger partial charge in [-0.05, 0) is 31.0 Å². The van der Waals surface area contributed by atoms with Crippen molar-refractivity contribution in [3.63, 3.8) is 0 Å². The predicted octanol–water partition coefficient (Wildman–Crippen LogP) is 3.13. The lowest BCUT2D eigenvalue weighted by molar-refractivity contribution is -0.115. The van der Waals surface area contributed by atoms with E-state index in [0.29, 0.717) is 16.8 Å². The second kappa shape index (κ2) is 9.97. The second-order valence-corrected chi connectivity index (χ2v) is 8.66. The number of ether oxygens (including phenoxy) is 1. The van der Waals surface area contributed by atoms with Crippen molar-refractivity contribution in [2.45, 2.75) is 18.9 Å². The van der Waals surface area contributed by atoms with Gasteiger partial charge in [0, 0.05) is 56.3 Å². The molecule has 1 aliphatic rings. The number of thiazole rings is 1. The summed E-state index contributed by atoms with van der Waals surface area (Å²) in [5, 5.41) is 7.81. The number of hydrogen-bond donors (Lipinski definition) is 2. The molecule has 0 saturated carbocycles. The summed E-state index contributed by atoms with van der Waals surface area (Å²) in [4.78, 5) is 31.2. The molecule has 32 heavy (non-hydrogen) atoms. The number of amides is 2. The van der Waals surface area contributed by atoms with Crippen molar-refractivity contribution < 1.29 is 14.3 Å². The van der Waals surface area contributed by atoms with Crippen LogP contribution >= 0.6 is 11.3 Å². The Balaban J connectivity index is 1.33. The van der Waals surface area contributed by atoms with E-state index < -0.39 is 0 Å². The lowest BCUT2D eigenvalue weighted by atomic mass is 10.1. The van der Waals surface area contributed by atoms with Crippen LogP contribution in [0.1, 0.15) is 23.2 Å². The summed E-state index contributed by atoms with van der Waals surface area (Å²) in [6.45, 7) is 1.82. The van der Waals surface area contributed by atoms with Gasteiger partial charge in [0.1, 0.15) is 0 Å². The van der Waals surface area contributed by atoms with Gasteiger partial charge in [0.25, 0.3) is 5.91 Å². The van der Waals surface area contributed by atoms with Crippen molar-refractivity contribution >= 4 is 34.0 Å². The number of carbonyl (C=O) groups is 2. The van der Waals surface area contributed by atoms with E-state index in [-0.39, 0.29) is 18.4 Å². The zero-order chi connectivity index (χ0) is 22.5. The number of nitrogens with one attached hydrogen (secondary N) is 2. The number of benzene rings is 1. The van der Waals surface area contributed by atoms with E-state index in [2.05, 4.69) is 32.7 Å². The summed E-state index contributed by atoms with van der Waals surface area (Å²) >= 11 is 1.36. The van der Waals surface area contributed by atoms with E-state index >= 15 is 0 Å². The fourth-order valence-corrected chi connectivity index (χ4v) is 4.47. The number of methoxy groups -OCH3 is 1. The van der Waals surface area contributed by atoms with E-state index in [1.807, 2.05) is 24.6 Å². The molecule has 1 saturated heterocycles. The van der Waals surface area contributed by atoms with Gasteiger partial charge in [-0.15, -0.1) is 11.3 Å². The van der Waals surface area contributed by atoms with Crippen LogP contribution in [0.15, 0.2) is 48.1 Å². The molecule has 8 nitrogen and oxygen atoms in total. The van der Waals surface area contributed by atoms with Crippen molar-refractivity contribution in [2.24, 2.45) is 7.05 Å². The summed E-state index contributed by atoms with van der Waals surface area (Å²) in [5.41, 5.74) is 3.50. The third-order valence-electron chi connectivity index (χ3n) is 5.54. The molecular weight excluding hydrogens is 426 g/mol. The normalized spacial score (nSPS) is 14.4. The number of anilines is 2. The Labute approximate surface area is 191 Å². The van der Waals surface area contributed by atoms with Crippen molar-refractivity contribution in [3.8, 4) is 11.3 Å². The molecule has 168 valence electrons. The second-order valence-electron chi connectivity index (χ2n) is 7.81. The summed E-state index contributed by atoms with van der Waals surface area (Å²) in [6.07, 6.45) is 5.87. The van der Waals surface area contributed by atoms with E-state index in [1.165, 1.54) is 17.0 Å². The first-order chi connectivity index (χ1) is 15.5. The van der Waals surface area contributed by atoms with E-state index in [0.717, 1.165) is 37.2 Å². The standard InChI is InChI=1S/C23H27N5O3S/c1-27-9-6-17(14-27)22(30)24-13-21(29)26-23-25-20(15-32-23)16-4-3-5-18(12-16)28-10-7-19(31-2)8-11-28/h3-6,9,12,14-15,19H,7-8,10-11,13H2,1-2H3,(H,24,30)(H,25,26,29). The summed E-state index contributed by atoms with van der Waals surface area (Å²) in [7, 11) is 3.61. The van der Waals surface area contributed by atoms with Gasteiger partial charge >= 0.3 is 0 Å². The number of nitrogens with zero attached hydrogens (tertiary/aromatic N) is 3. The molecule has 4 rings (SSSR count). The molecule has 1 fully saturated rings. The van der Waals surface area contributed by atoms with Crippen molar-refractivity contribution in [3.05, 3.63) is 53.7 Å². The summed E-state index contributed by atoms with van der Waals surface area (Å²) < 4.78 is 7.24. The largest absolute Gasteiger partial charge is 0.381 e. The molecule has 0 atom stereocenters. The van der Waals surface area contributed by atoms with Crippen LogP contribution in [0.5, 0.6) is 0 Å². The number of aryl methyl sites for hydroxylation is 1. The van der Waals surface area contributed by atoms with Gasteiger partial charge in [-0.25, -0.2) is 4.98 Å². The molecule has 0 aliphatic carbocycles. The molecular formula is C23H27N5O3S. The molecule has 0 spiro atoms. The number of aromatic nitrogens is 2. The van der Waals surface area contributed by atoms with Gasteiger partial charge in [-0.1, -0.05) is 12.1 Å². The highest BCUT2D eigenvalue weighted by molar-refractivity contribution is 7.14. The summed E-state index contributed by atoms with van der Waals surface area (Å²) in [6, 6.07) is 10.00. The maximum atomic E-state index is 12.2. The van der Waals surface area contributed by atoms with Crippen molar-refractivity contribution in [2.75, 3.05) is 37.0 Å². The quantitative estimate of drug-likeness (QED) is 0.574. The Hall–Kier alpha value is -3.17. The van der Waals surface area contributed by atoms with E-state index in [4.69, 9.17) is 4.74 Å². The maximum absolute atomic E-state index is 12.2. The van der Waals surface area contributed by atoms with Gasteiger partial charge < -0.3 is 24.8 Å². The fourth-order valence-electron chi connectivity index (χ4n) is 3.74. The smallest absolute Gasteiger partial charge is 0.253 e. The zero-order valence-electron chi connectivity index (χ0n) is 18.2. The molecule has 2 N–H and O–H groups in total. The van der Waals surface area contributed by atoms with Crippen LogP contribution < -0.4 is 15.5 Å². The van der Waals surface area contributed by atoms with Gasteiger partial charge in [-0.2, -0.15) is 0 Å². The molecule has 2 aromatic heterocycles. The minimum absolute atomic E-state index is 0.116. The van der Waals surface area contributed by atoms with Crippen LogP contribution in [-0.2, 0) is 16.6 Å².